The highest BCUT2D eigenvalue weighted by molar-refractivity contribution is 6.25. The first-order chi connectivity index (χ1) is 17.3. The average Bonchev–Trinajstić information content (AvgIpc) is 3.14. The molecule has 1 aromatic heterocycles. The number of carbonyl (C=O) groups is 2. The molecule has 0 saturated heterocycles. The molecule has 0 aliphatic heterocycles. The zero-order chi connectivity index (χ0) is 25.8. The van der Waals surface area contributed by atoms with E-state index in [1.165, 1.54) is 24.3 Å². The fraction of sp³-hybridized carbons (Fsp3) is 0.207. The van der Waals surface area contributed by atoms with Crippen LogP contribution in [0.4, 0.5) is 5.69 Å². The van der Waals surface area contributed by atoms with Gasteiger partial charge in [0.05, 0.1) is 16.1 Å². The first-order valence-electron chi connectivity index (χ1n) is 11.5. The molecule has 1 atom stereocenters. The molecule has 0 bridgehead atoms. The number of aryl methyl sites for hydroxylation is 2. The molecule has 4 rings (SSSR count). The number of hydrogen-bond donors (Lipinski definition) is 0. The molecule has 0 saturated carbocycles. The topological polar surface area (TPSA) is 99.4 Å². The summed E-state index contributed by atoms with van der Waals surface area (Å²) in [4.78, 5) is 41.4. The summed E-state index contributed by atoms with van der Waals surface area (Å²) in [6.07, 6.45) is 2.35. The van der Waals surface area contributed by atoms with Crippen LogP contribution in [0.1, 0.15) is 51.7 Å². The summed E-state index contributed by atoms with van der Waals surface area (Å²) in [5.74, 6) is 5.02. The third-order valence-corrected chi connectivity index (χ3v) is 6.09. The Labute approximate surface area is 209 Å². The van der Waals surface area contributed by atoms with Gasteiger partial charge in [0.25, 0.3) is 5.69 Å². The van der Waals surface area contributed by atoms with Crippen molar-refractivity contribution in [2.24, 2.45) is 5.92 Å². The van der Waals surface area contributed by atoms with E-state index in [4.69, 9.17) is 4.74 Å². The number of nitrogens with zero attached hydrogens (tertiary/aromatic N) is 2. The number of hydrogen-bond acceptors (Lipinski definition) is 6. The fourth-order valence-electron chi connectivity index (χ4n) is 4.52. The molecule has 180 valence electrons. The summed E-state index contributed by atoms with van der Waals surface area (Å²) >= 11 is 0. The van der Waals surface area contributed by atoms with Crippen molar-refractivity contribution in [3.8, 4) is 11.8 Å². The quantitative estimate of drug-likeness (QED) is 0.203. The Morgan fingerprint density at radius 2 is 1.83 bits per heavy atom. The molecule has 0 fully saturated rings. The Balaban J connectivity index is 1.73. The van der Waals surface area contributed by atoms with E-state index in [0.29, 0.717) is 17.8 Å². The first-order valence-corrected chi connectivity index (χ1v) is 11.5. The number of ketones is 1. The van der Waals surface area contributed by atoms with Crippen molar-refractivity contribution in [1.29, 1.82) is 0 Å². The molecule has 0 amide bonds. The number of esters is 1. The van der Waals surface area contributed by atoms with Gasteiger partial charge in [0, 0.05) is 48.3 Å². The van der Waals surface area contributed by atoms with Crippen LogP contribution in [-0.4, -0.2) is 21.7 Å². The van der Waals surface area contributed by atoms with Crippen LogP contribution in [0.5, 0.6) is 0 Å². The van der Waals surface area contributed by atoms with E-state index in [1.807, 2.05) is 44.2 Å². The molecular formula is C29H24N2O5. The zero-order valence-electron chi connectivity index (χ0n) is 20.2. The molecule has 1 aliphatic carbocycles. The summed E-state index contributed by atoms with van der Waals surface area (Å²) in [5, 5.41) is 10.9. The number of nitro groups is 1. The lowest BCUT2D eigenvalue weighted by Crippen LogP contribution is -2.14. The van der Waals surface area contributed by atoms with E-state index in [-0.39, 0.29) is 23.5 Å². The SMILES string of the molecule is CC#Cc1cc(C)c(C2=C(OC(=O)c3ccc([N+](=O)[O-])cc3)CC(Cc3ccccn3)C2=O)c(C)c1. The van der Waals surface area contributed by atoms with Gasteiger partial charge in [0.2, 0.25) is 0 Å². The molecule has 7 nitrogen and oxygen atoms in total. The van der Waals surface area contributed by atoms with Crippen molar-refractivity contribution in [2.75, 3.05) is 0 Å². The maximum absolute atomic E-state index is 13.7. The summed E-state index contributed by atoms with van der Waals surface area (Å²) in [7, 11) is 0. The van der Waals surface area contributed by atoms with Crippen molar-refractivity contribution in [3.63, 3.8) is 0 Å². The number of rotatable bonds is 6. The van der Waals surface area contributed by atoms with Gasteiger partial charge >= 0.3 is 5.97 Å². The molecule has 0 spiro atoms. The largest absolute Gasteiger partial charge is 0.427 e. The zero-order valence-corrected chi connectivity index (χ0v) is 20.2. The Morgan fingerprint density at radius 3 is 2.42 bits per heavy atom. The summed E-state index contributed by atoms with van der Waals surface area (Å²) in [6.45, 7) is 5.58. The second-order valence-corrected chi connectivity index (χ2v) is 8.64. The molecule has 1 aliphatic rings. The van der Waals surface area contributed by atoms with Crippen molar-refractivity contribution >= 4 is 23.0 Å². The Hall–Kier alpha value is -4.57. The van der Waals surface area contributed by atoms with Crippen LogP contribution in [0.2, 0.25) is 0 Å². The second kappa shape index (κ2) is 10.4. The fourth-order valence-corrected chi connectivity index (χ4v) is 4.52. The number of allylic oxidation sites excluding steroid dienone is 2. The van der Waals surface area contributed by atoms with Crippen LogP contribution in [0.3, 0.4) is 0 Å². The number of carbonyl (C=O) groups excluding carboxylic acids is 2. The monoisotopic (exact) mass is 480 g/mol. The van der Waals surface area contributed by atoms with Crippen molar-refractivity contribution in [2.45, 2.75) is 33.6 Å². The minimum Gasteiger partial charge on any atom is -0.427 e. The standard InChI is InChI=1S/C29H24N2O5/c1-4-7-20-14-18(2)26(19(3)15-20)27-25(17-22(28(27)32)16-23-8-5-6-13-30-23)36-29(33)21-9-11-24(12-10-21)31(34)35/h5-6,8-15,22H,16-17H2,1-3H3. The van der Waals surface area contributed by atoms with E-state index in [1.54, 1.807) is 13.1 Å². The Bertz CT molecular complexity index is 1420. The van der Waals surface area contributed by atoms with Crippen molar-refractivity contribution < 1.29 is 19.2 Å². The van der Waals surface area contributed by atoms with Crippen LogP contribution in [0, 0.1) is 41.7 Å². The van der Waals surface area contributed by atoms with Gasteiger partial charge in [-0.3, -0.25) is 19.9 Å². The summed E-state index contributed by atoms with van der Waals surface area (Å²) < 4.78 is 5.79. The minimum absolute atomic E-state index is 0.104. The number of non-ortho nitro benzene ring substituents is 1. The number of benzene rings is 2. The number of Topliss-reactive ketones (excluding diaryl/α,β-unsaturated/α-hetero) is 1. The van der Waals surface area contributed by atoms with Gasteiger partial charge in [-0.15, -0.1) is 5.92 Å². The molecular weight excluding hydrogens is 456 g/mol. The normalized spacial score (nSPS) is 14.9. The van der Waals surface area contributed by atoms with Gasteiger partial charge in [0.15, 0.2) is 5.78 Å². The van der Waals surface area contributed by atoms with Crippen LogP contribution in [0.25, 0.3) is 5.57 Å². The van der Waals surface area contributed by atoms with E-state index in [9.17, 15) is 19.7 Å². The molecule has 1 unspecified atom stereocenters. The number of nitro benzene ring substituents is 1. The van der Waals surface area contributed by atoms with Gasteiger partial charge in [-0.2, -0.15) is 0 Å². The van der Waals surface area contributed by atoms with E-state index >= 15 is 0 Å². The molecule has 0 radical (unpaired) electrons. The molecule has 0 N–H and O–H groups in total. The minimum atomic E-state index is -0.674. The van der Waals surface area contributed by atoms with Crippen LogP contribution < -0.4 is 0 Å². The van der Waals surface area contributed by atoms with Crippen LogP contribution in [0.15, 0.2) is 66.6 Å². The third-order valence-electron chi connectivity index (χ3n) is 6.09. The second-order valence-electron chi connectivity index (χ2n) is 8.64. The molecule has 7 heteroatoms. The van der Waals surface area contributed by atoms with Crippen molar-refractivity contribution in [1.82, 2.24) is 4.98 Å². The lowest BCUT2D eigenvalue weighted by Gasteiger charge is -2.14. The Morgan fingerprint density at radius 1 is 1.14 bits per heavy atom. The number of pyridine rings is 1. The maximum Gasteiger partial charge on any atom is 0.343 e. The predicted octanol–water partition coefficient (Wildman–Crippen LogP) is 5.38. The molecule has 3 aromatic rings. The summed E-state index contributed by atoms with van der Waals surface area (Å²) in [5.41, 5.74) is 4.50. The van der Waals surface area contributed by atoms with E-state index in [2.05, 4.69) is 16.8 Å². The number of aromatic nitrogens is 1. The van der Waals surface area contributed by atoms with E-state index < -0.39 is 16.8 Å². The van der Waals surface area contributed by atoms with Gasteiger partial charge in [0.1, 0.15) is 5.76 Å². The van der Waals surface area contributed by atoms with Crippen molar-refractivity contribution in [3.05, 3.63) is 110 Å². The van der Waals surface area contributed by atoms with Gasteiger partial charge in [-0.1, -0.05) is 12.0 Å². The predicted molar refractivity (Wildman–Crippen MR) is 135 cm³/mol. The lowest BCUT2D eigenvalue weighted by molar-refractivity contribution is -0.384. The van der Waals surface area contributed by atoms with Crippen LogP contribution >= 0.6 is 0 Å². The van der Waals surface area contributed by atoms with Gasteiger partial charge in [-0.25, -0.2) is 4.79 Å². The smallest absolute Gasteiger partial charge is 0.343 e. The maximum atomic E-state index is 13.7. The highest BCUT2D eigenvalue weighted by Crippen LogP contribution is 2.40. The Kier molecular flexibility index (Phi) is 7.07. The highest BCUT2D eigenvalue weighted by atomic mass is 16.6. The molecule has 36 heavy (non-hydrogen) atoms. The summed E-state index contributed by atoms with van der Waals surface area (Å²) in [6, 6.07) is 14.6. The van der Waals surface area contributed by atoms with E-state index in [0.717, 1.165) is 27.9 Å². The van der Waals surface area contributed by atoms with Gasteiger partial charge < -0.3 is 4.74 Å². The molecule has 2 aromatic carbocycles. The first kappa shape index (κ1) is 24.6. The lowest BCUT2D eigenvalue weighted by atomic mass is 9.89. The highest BCUT2D eigenvalue weighted by Gasteiger charge is 2.38. The van der Waals surface area contributed by atoms with Gasteiger partial charge in [-0.05, 0) is 73.9 Å². The third kappa shape index (κ3) is 5.08. The average molecular weight is 481 g/mol. The van der Waals surface area contributed by atoms with Crippen LogP contribution in [-0.2, 0) is 16.0 Å². The molecule has 1 heterocycles. The number of ether oxygens (including phenoxy) is 1.